The Kier molecular flexibility index (Phi) is 8.90. The number of nitrogens with zero attached hydrogens (tertiary/aromatic N) is 3. The molecule has 36 heavy (non-hydrogen) atoms. The summed E-state index contributed by atoms with van der Waals surface area (Å²) in [4.78, 5) is 30.0. The molecule has 196 valence electrons. The van der Waals surface area contributed by atoms with Gasteiger partial charge in [-0.3, -0.25) is 0 Å². The van der Waals surface area contributed by atoms with Crippen molar-refractivity contribution >= 4 is 28.5 Å². The molecule has 1 aromatic heterocycles. The summed E-state index contributed by atoms with van der Waals surface area (Å²) in [5.74, 6) is 1.33. The first-order valence-corrected chi connectivity index (χ1v) is 16.6. The number of carbonyl (C=O) groups excluding carboxylic acids is 2. The van der Waals surface area contributed by atoms with Gasteiger partial charge in [-0.25, -0.2) is 0 Å². The fourth-order valence-electron chi connectivity index (χ4n) is 6.23. The van der Waals surface area contributed by atoms with Gasteiger partial charge in [0.05, 0.1) is 0 Å². The first kappa shape index (κ1) is 26.0. The van der Waals surface area contributed by atoms with Gasteiger partial charge in [0, 0.05) is 0 Å². The van der Waals surface area contributed by atoms with Crippen LogP contribution in [0.25, 0.3) is 0 Å². The van der Waals surface area contributed by atoms with Crippen molar-refractivity contribution in [1.82, 2.24) is 12.5 Å². The molecule has 2 aromatic rings. The monoisotopic (exact) mass is 623 g/mol. The summed E-state index contributed by atoms with van der Waals surface area (Å²) in [5.41, 5.74) is 0.662. The summed E-state index contributed by atoms with van der Waals surface area (Å²) >= 11 is 0.877. The average Bonchev–Trinajstić information content (AvgIpc) is 3.28. The van der Waals surface area contributed by atoms with Crippen LogP contribution in [0.3, 0.4) is 0 Å². The van der Waals surface area contributed by atoms with E-state index in [-0.39, 0.29) is 39.5 Å². The van der Waals surface area contributed by atoms with Crippen LogP contribution in [0, 0.1) is 11.8 Å². The molecule has 7 nitrogen and oxygen atoms in total. The second-order valence-electron chi connectivity index (χ2n) is 10.4. The SMILES string of the molecule is O=C(C[I-]N1CCC2CC(OC(=O)C3(c4ccccc4)CCCCCC3)CCC2C1)Nc1ncns1. The normalized spacial score (nSPS) is 26.5. The van der Waals surface area contributed by atoms with Gasteiger partial charge in [-0.15, -0.1) is 0 Å². The minimum absolute atomic E-state index is 0.0174. The number of halogens is 1. The molecule has 3 fully saturated rings. The van der Waals surface area contributed by atoms with Gasteiger partial charge in [0.25, 0.3) is 0 Å². The number of fused-ring (bicyclic) bond motifs is 1. The van der Waals surface area contributed by atoms with Crippen molar-refractivity contribution < 1.29 is 35.8 Å². The van der Waals surface area contributed by atoms with E-state index in [1.165, 1.54) is 30.7 Å². The zero-order chi connectivity index (χ0) is 24.8. The van der Waals surface area contributed by atoms with Crippen molar-refractivity contribution in [2.75, 3.05) is 22.8 Å². The van der Waals surface area contributed by atoms with E-state index in [2.05, 4.69) is 42.1 Å². The van der Waals surface area contributed by atoms with Crippen molar-refractivity contribution in [3.8, 4) is 0 Å². The van der Waals surface area contributed by atoms with Crippen molar-refractivity contribution in [1.29, 1.82) is 0 Å². The summed E-state index contributed by atoms with van der Waals surface area (Å²) in [6, 6.07) is 10.4. The van der Waals surface area contributed by atoms with Gasteiger partial charge in [0.1, 0.15) is 0 Å². The van der Waals surface area contributed by atoms with E-state index in [1.807, 2.05) is 6.07 Å². The molecule has 5 rings (SSSR count). The minimum atomic E-state index is -0.475. The summed E-state index contributed by atoms with van der Waals surface area (Å²) < 4.78 is 13.4. The molecular formula is C27H36IN4O3S-. The maximum atomic E-state index is 13.7. The van der Waals surface area contributed by atoms with Gasteiger partial charge in [-0.2, -0.15) is 0 Å². The number of aromatic nitrogens is 2. The van der Waals surface area contributed by atoms with Crippen molar-refractivity contribution in [2.24, 2.45) is 11.8 Å². The Bertz CT molecular complexity index is 998. The van der Waals surface area contributed by atoms with Crippen LogP contribution in [0.5, 0.6) is 0 Å². The Balaban J connectivity index is 1.13. The predicted octanol–water partition coefficient (Wildman–Crippen LogP) is 1.81. The van der Waals surface area contributed by atoms with Crippen LogP contribution in [0.1, 0.15) is 69.8 Å². The number of anilines is 1. The fraction of sp³-hybridized carbons (Fsp3) is 0.630. The number of hydrogen-bond acceptors (Lipinski definition) is 7. The molecule has 9 heteroatoms. The third kappa shape index (κ3) is 6.27. The zero-order valence-corrected chi connectivity index (χ0v) is 23.7. The number of carbonyl (C=O) groups is 2. The number of alkyl halides is 1. The number of nitrogens with one attached hydrogen (secondary N) is 1. The second-order valence-corrected chi connectivity index (χ2v) is 14.0. The number of esters is 1. The molecule has 2 aliphatic carbocycles. The number of amides is 1. The van der Waals surface area contributed by atoms with Gasteiger partial charge in [0.2, 0.25) is 0 Å². The Morgan fingerprint density at radius 2 is 1.89 bits per heavy atom. The second kappa shape index (κ2) is 12.3. The quantitative estimate of drug-likeness (QED) is 0.167. The molecule has 1 N–H and O–H groups in total. The van der Waals surface area contributed by atoms with E-state index in [1.54, 1.807) is 0 Å². The molecule has 1 aromatic carbocycles. The topological polar surface area (TPSA) is 84.4 Å². The molecule has 3 aliphatic rings. The molecule has 3 atom stereocenters. The molecule has 3 unspecified atom stereocenters. The Hall–Kier alpha value is -1.59. The third-order valence-electron chi connectivity index (χ3n) is 8.17. The van der Waals surface area contributed by atoms with Crippen LogP contribution < -0.4 is 26.8 Å². The molecule has 1 saturated heterocycles. The molecule has 1 aliphatic heterocycles. The molecule has 2 saturated carbocycles. The van der Waals surface area contributed by atoms with E-state index in [0.717, 1.165) is 70.0 Å². The molecular weight excluding hydrogens is 587 g/mol. The van der Waals surface area contributed by atoms with E-state index in [4.69, 9.17) is 4.74 Å². The van der Waals surface area contributed by atoms with E-state index >= 15 is 0 Å². The van der Waals surface area contributed by atoms with Crippen LogP contribution >= 0.6 is 11.5 Å². The predicted molar refractivity (Wildman–Crippen MR) is 136 cm³/mol. The zero-order valence-electron chi connectivity index (χ0n) is 20.7. The van der Waals surface area contributed by atoms with Crippen LogP contribution in [-0.2, 0) is 19.7 Å². The Morgan fingerprint density at radius 1 is 1.08 bits per heavy atom. The molecule has 0 radical (unpaired) electrons. The number of hydrogen-bond donors (Lipinski definition) is 1. The van der Waals surface area contributed by atoms with E-state index in [0.29, 0.717) is 21.4 Å². The van der Waals surface area contributed by atoms with Gasteiger partial charge in [0.15, 0.2) is 0 Å². The number of rotatable bonds is 7. The Morgan fingerprint density at radius 3 is 2.64 bits per heavy atom. The van der Waals surface area contributed by atoms with Gasteiger partial charge < -0.3 is 0 Å². The van der Waals surface area contributed by atoms with Gasteiger partial charge in [-0.05, 0) is 0 Å². The Labute approximate surface area is 228 Å². The molecule has 2 heterocycles. The van der Waals surface area contributed by atoms with Crippen molar-refractivity contribution in [3.63, 3.8) is 0 Å². The van der Waals surface area contributed by atoms with E-state index in [9.17, 15) is 9.59 Å². The van der Waals surface area contributed by atoms with Gasteiger partial charge in [-0.1, -0.05) is 6.07 Å². The maximum absolute atomic E-state index is 13.7. The summed E-state index contributed by atoms with van der Waals surface area (Å²) in [7, 11) is 0. The number of piperidine rings is 1. The first-order valence-electron chi connectivity index (χ1n) is 13.3. The average molecular weight is 624 g/mol. The van der Waals surface area contributed by atoms with Crippen LogP contribution in [0.15, 0.2) is 36.7 Å². The fourth-order valence-corrected chi connectivity index (χ4v) is 9.06. The van der Waals surface area contributed by atoms with Crippen LogP contribution in [-0.4, -0.2) is 48.0 Å². The molecule has 0 bridgehead atoms. The van der Waals surface area contributed by atoms with E-state index < -0.39 is 5.41 Å². The van der Waals surface area contributed by atoms with Crippen molar-refractivity contribution in [3.05, 3.63) is 42.2 Å². The number of ether oxygens (including phenoxy) is 1. The van der Waals surface area contributed by atoms with Gasteiger partial charge >= 0.3 is 223 Å². The first-order chi connectivity index (χ1) is 17.6. The summed E-state index contributed by atoms with van der Waals surface area (Å²) in [6.07, 6.45) is 12.1. The molecule has 0 spiro atoms. The van der Waals surface area contributed by atoms with Crippen molar-refractivity contribution in [2.45, 2.75) is 75.7 Å². The van der Waals surface area contributed by atoms with Crippen LogP contribution in [0.2, 0.25) is 0 Å². The number of benzene rings is 1. The standard InChI is InChI=1S/C27H36IN4O3S/c33-24(31-26-29-19-30-36-26)17-28-32-15-12-20-16-23(11-10-21(20)18-32)35-25(34)27(13-6-1-2-7-14-27)22-8-4-3-5-9-22/h3-5,8-9,19-21,23H,1-2,6-7,10-18H2,(H,29,30,31,33)/q-1. The molecule has 1 amide bonds. The van der Waals surface area contributed by atoms with Crippen LogP contribution in [0.4, 0.5) is 5.13 Å². The summed E-state index contributed by atoms with van der Waals surface area (Å²) in [6.45, 7) is 2.13. The summed E-state index contributed by atoms with van der Waals surface area (Å²) in [5, 5.41) is 3.42. The third-order valence-corrected chi connectivity index (χ3v) is 11.6.